The van der Waals surface area contributed by atoms with E-state index in [1.54, 1.807) is 18.9 Å². The van der Waals surface area contributed by atoms with Crippen LogP contribution < -0.4 is 10.5 Å². The molecule has 2 rings (SSSR count). The minimum Gasteiger partial charge on any atom is -0.494 e. The molecule has 1 aromatic carbocycles. The number of nitrogens with one attached hydrogen (secondary N) is 1. The van der Waals surface area contributed by atoms with Gasteiger partial charge in [-0.1, -0.05) is 18.2 Å². The number of carbonyl (C=O) groups excluding carboxylic acids is 1. The fourth-order valence-electron chi connectivity index (χ4n) is 2.04. The third-order valence-corrected chi connectivity index (χ3v) is 3.22. The highest BCUT2D eigenvalue weighted by molar-refractivity contribution is 5.97. The van der Waals surface area contributed by atoms with Crippen LogP contribution in [0.2, 0.25) is 0 Å². The predicted molar refractivity (Wildman–Crippen MR) is 81.1 cm³/mol. The maximum atomic E-state index is 12.4. The molecule has 0 aliphatic heterocycles. The van der Waals surface area contributed by atoms with Gasteiger partial charge in [-0.2, -0.15) is 5.10 Å². The number of amides is 1. The third-order valence-electron chi connectivity index (χ3n) is 3.22. The molecule has 1 heterocycles. The van der Waals surface area contributed by atoms with Crippen LogP contribution in [0.3, 0.4) is 0 Å². The van der Waals surface area contributed by atoms with Crippen LogP contribution in [0, 0.1) is 6.92 Å². The van der Waals surface area contributed by atoms with Crippen molar-refractivity contribution in [2.24, 2.45) is 0 Å². The number of hydrogen-bond donors (Lipinski definition) is 2. The monoisotopic (exact) mass is 288 g/mol. The molecule has 1 amide bonds. The quantitative estimate of drug-likeness (QED) is 0.881. The molecule has 0 saturated heterocycles. The van der Waals surface area contributed by atoms with Gasteiger partial charge in [-0.15, -0.1) is 0 Å². The van der Waals surface area contributed by atoms with Crippen molar-refractivity contribution in [2.75, 3.05) is 19.4 Å². The molecular weight excluding hydrogens is 268 g/mol. The Balaban J connectivity index is 2.16. The van der Waals surface area contributed by atoms with Crippen LogP contribution in [0.25, 0.3) is 0 Å². The van der Waals surface area contributed by atoms with E-state index in [1.165, 1.54) is 0 Å². The minimum absolute atomic E-state index is 0.219. The van der Waals surface area contributed by atoms with Crippen LogP contribution in [0.5, 0.6) is 5.75 Å². The van der Waals surface area contributed by atoms with Crippen LogP contribution in [-0.2, 0) is 6.54 Å². The van der Waals surface area contributed by atoms with Crippen molar-refractivity contribution in [1.82, 2.24) is 15.1 Å². The van der Waals surface area contributed by atoms with Gasteiger partial charge in [0.2, 0.25) is 0 Å². The average molecular weight is 288 g/mol. The van der Waals surface area contributed by atoms with Crippen molar-refractivity contribution < 1.29 is 9.53 Å². The van der Waals surface area contributed by atoms with Crippen molar-refractivity contribution in [1.29, 1.82) is 0 Å². The molecule has 3 N–H and O–H groups in total. The molecule has 0 radical (unpaired) electrons. The fourth-order valence-corrected chi connectivity index (χ4v) is 2.04. The van der Waals surface area contributed by atoms with E-state index in [-0.39, 0.29) is 11.6 Å². The number of hydrogen-bond acceptors (Lipinski definition) is 4. The summed E-state index contributed by atoms with van der Waals surface area (Å²) in [6.07, 6.45) is 0. The summed E-state index contributed by atoms with van der Waals surface area (Å²) < 4.78 is 5.57. The third kappa shape index (κ3) is 3.16. The Morgan fingerprint density at radius 2 is 2.14 bits per heavy atom. The van der Waals surface area contributed by atoms with Gasteiger partial charge in [0.05, 0.1) is 18.0 Å². The molecule has 0 unspecified atom stereocenters. The van der Waals surface area contributed by atoms with Gasteiger partial charge in [-0.3, -0.25) is 9.89 Å². The van der Waals surface area contributed by atoms with Crippen LogP contribution in [0.15, 0.2) is 24.3 Å². The molecule has 0 bridgehead atoms. The summed E-state index contributed by atoms with van der Waals surface area (Å²) in [5, 5.41) is 6.69. The van der Waals surface area contributed by atoms with Crippen molar-refractivity contribution in [2.45, 2.75) is 20.4 Å². The molecule has 6 nitrogen and oxygen atoms in total. The molecule has 0 atom stereocenters. The molecular formula is C15H20N4O2. The van der Waals surface area contributed by atoms with E-state index in [1.807, 2.05) is 31.2 Å². The van der Waals surface area contributed by atoms with Crippen molar-refractivity contribution in [3.63, 3.8) is 0 Å². The molecule has 0 fully saturated rings. The molecule has 1 aromatic heterocycles. The highest BCUT2D eigenvalue weighted by atomic mass is 16.5. The second-order valence-electron chi connectivity index (χ2n) is 4.81. The lowest BCUT2D eigenvalue weighted by Crippen LogP contribution is -2.27. The van der Waals surface area contributed by atoms with Gasteiger partial charge in [0.25, 0.3) is 5.91 Å². The number of carbonyl (C=O) groups is 1. The lowest BCUT2D eigenvalue weighted by Gasteiger charge is -2.18. The van der Waals surface area contributed by atoms with E-state index in [2.05, 4.69) is 10.2 Å². The van der Waals surface area contributed by atoms with Gasteiger partial charge in [0.15, 0.2) is 5.69 Å². The van der Waals surface area contributed by atoms with Crippen LogP contribution in [-0.4, -0.2) is 34.7 Å². The SMILES string of the molecule is CCOc1ccccc1CN(C)C(=O)c1n[nH]c(C)c1N. The maximum absolute atomic E-state index is 12.4. The normalized spacial score (nSPS) is 10.4. The standard InChI is InChI=1S/C15H20N4O2/c1-4-21-12-8-6-5-7-11(12)9-19(3)15(20)14-13(16)10(2)17-18-14/h5-8H,4,9,16H2,1-3H3,(H,17,18). The first-order valence-corrected chi connectivity index (χ1v) is 6.81. The lowest BCUT2D eigenvalue weighted by molar-refractivity contribution is 0.0779. The summed E-state index contributed by atoms with van der Waals surface area (Å²) in [6, 6.07) is 7.66. The number of nitrogens with zero attached hydrogens (tertiary/aromatic N) is 2. The van der Waals surface area contributed by atoms with Crippen molar-refractivity contribution in [3.05, 3.63) is 41.2 Å². The lowest BCUT2D eigenvalue weighted by atomic mass is 10.2. The molecule has 0 spiro atoms. The van der Waals surface area contributed by atoms with Crippen molar-refractivity contribution in [3.8, 4) is 5.75 Å². The van der Waals surface area contributed by atoms with Crippen LogP contribution in [0.1, 0.15) is 28.7 Å². The highest BCUT2D eigenvalue weighted by Crippen LogP contribution is 2.21. The Morgan fingerprint density at radius 3 is 2.76 bits per heavy atom. The van der Waals surface area contributed by atoms with Gasteiger partial charge in [-0.05, 0) is 19.9 Å². The molecule has 6 heteroatoms. The second-order valence-corrected chi connectivity index (χ2v) is 4.81. The maximum Gasteiger partial charge on any atom is 0.276 e. The number of benzene rings is 1. The zero-order valence-corrected chi connectivity index (χ0v) is 12.5. The Bertz CT molecular complexity index is 636. The number of rotatable bonds is 5. The van der Waals surface area contributed by atoms with Crippen LogP contribution >= 0.6 is 0 Å². The molecule has 0 saturated carbocycles. The topological polar surface area (TPSA) is 84.2 Å². The molecule has 0 aliphatic carbocycles. The van der Waals surface area contributed by atoms with E-state index < -0.39 is 0 Å². The summed E-state index contributed by atoms with van der Waals surface area (Å²) in [5.41, 5.74) is 8.13. The van der Waals surface area contributed by atoms with E-state index in [0.29, 0.717) is 24.5 Å². The average Bonchev–Trinajstić information content (AvgIpc) is 2.80. The molecule has 2 aromatic rings. The number of ether oxygens (including phenoxy) is 1. The zero-order valence-electron chi connectivity index (χ0n) is 12.5. The summed E-state index contributed by atoms with van der Waals surface area (Å²) in [4.78, 5) is 13.9. The van der Waals surface area contributed by atoms with E-state index in [0.717, 1.165) is 11.3 Å². The van der Waals surface area contributed by atoms with Gasteiger partial charge < -0.3 is 15.4 Å². The van der Waals surface area contributed by atoms with E-state index >= 15 is 0 Å². The highest BCUT2D eigenvalue weighted by Gasteiger charge is 2.20. The number of aromatic nitrogens is 2. The first-order valence-electron chi connectivity index (χ1n) is 6.81. The Hall–Kier alpha value is -2.50. The van der Waals surface area contributed by atoms with Gasteiger partial charge in [-0.25, -0.2) is 0 Å². The summed E-state index contributed by atoms with van der Waals surface area (Å²) >= 11 is 0. The van der Waals surface area contributed by atoms with Crippen LogP contribution in [0.4, 0.5) is 5.69 Å². The largest absolute Gasteiger partial charge is 0.494 e. The van der Waals surface area contributed by atoms with Gasteiger partial charge in [0.1, 0.15) is 5.75 Å². The molecule has 112 valence electrons. The summed E-state index contributed by atoms with van der Waals surface area (Å²) in [7, 11) is 1.72. The van der Waals surface area contributed by atoms with Crippen molar-refractivity contribution >= 4 is 11.6 Å². The first kappa shape index (κ1) is 14.9. The number of aromatic amines is 1. The second kappa shape index (κ2) is 6.30. The molecule has 21 heavy (non-hydrogen) atoms. The smallest absolute Gasteiger partial charge is 0.276 e. The fraction of sp³-hybridized carbons (Fsp3) is 0.333. The summed E-state index contributed by atoms with van der Waals surface area (Å²) in [6.45, 7) is 4.73. The minimum atomic E-state index is -0.219. The Morgan fingerprint density at radius 1 is 1.43 bits per heavy atom. The zero-order chi connectivity index (χ0) is 15.4. The number of aryl methyl sites for hydroxylation is 1. The predicted octanol–water partition coefficient (Wildman–Crippen LogP) is 1.97. The number of nitrogen functional groups attached to an aromatic ring is 1. The number of anilines is 1. The Kier molecular flexibility index (Phi) is 4.47. The number of para-hydroxylation sites is 1. The van der Waals surface area contributed by atoms with E-state index in [9.17, 15) is 4.79 Å². The van der Waals surface area contributed by atoms with E-state index in [4.69, 9.17) is 10.5 Å². The summed E-state index contributed by atoms with van der Waals surface area (Å²) in [5.74, 6) is 0.564. The molecule has 0 aliphatic rings. The Labute approximate surface area is 123 Å². The number of H-pyrrole nitrogens is 1. The van der Waals surface area contributed by atoms with Gasteiger partial charge in [0, 0.05) is 19.2 Å². The first-order chi connectivity index (χ1) is 10.0. The van der Waals surface area contributed by atoms with Gasteiger partial charge >= 0.3 is 0 Å². The number of nitrogens with two attached hydrogens (primary N) is 1.